The van der Waals surface area contributed by atoms with Gasteiger partial charge in [0.05, 0.1) is 7.11 Å². The predicted molar refractivity (Wildman–Crippen MR) is 72.2 cm³/mol. The lowest BCUT2D eigenvalue weighted by Crippen LogP contribution is -2.43. The van der Waals surface area contributed by atoms with E-state index in [1.807, 2.05) is 0 Å². The monoisotopic (exact) mass is 271 g/mol. The quantitative estimate of drug-likeness (QED) is 0.819. The number of carbonyl (C=O) groups excluding carboxylic acids is 1. The highest BCUT2D eigenvalue weighted by molar-refractivity contribution is 5.94. The molecule has 2 rings (SSSR count). The SMILES string of the molecule is COC(=O)c1cccnc1N1CCCC(N)C1.Cl. The Kier molecular flexibility index (Phi) is 5.37. The van der Waals surface area contributed by atoms with Crippen molar-refractivity contribution in [1.82, 2.24) is 4.98 Å². The lowest BCUT2D eigenvalue weighted by Gasteiger charge is -2.32. The fourth-order valence-corrected chi connectivity index (χ4v) is 2.12. The number of hydrogen-bond acceptors (Lipinski definition) is 5. The van der Waals surface area contributed by atoms with Crippen LogP contribution in [0.15, 0.2) is 18.3 Å². The maximum absolute atomic E-state index is 11.6. The number of methoxy groups -OCH3 is 1. The smallest absolute Gasteiger partial charge is 0.341 e. The first kappa shape index (κ1) is 14.7. The van der Waals surface area contributed by atoms with Gasteiger partial charge in [-0.1, -0.05) is 0 Å². The fraction of sp³-hybridized carbons (Fsp3) is 0.500. The van der Waals surface area contributed by atoms with Gasteiger partial charge in [-0.3, -0.25) is 0 Å². The van der Waals surface area contributed by atoms with E-state index in [0.717, 1.165) is 25.9 Å². The third-order valence-electron chi connectivity index (χ3n) is 2.95. The Morgan fingerprint density at radius 1 is 1.61 bits per heavy atom. The van der Waals surface area contributed by atoms with Gasteiger partial charge < -0.3 is 15.4 Å². The van der Waals surface area contributed by atoms with Gasteiger partial charge >= 0.3 is 5.97 Å². The van der Waals surface area contributed by atoms with E-state index in [4.69, 9.17) is 10.5 Å². The number of esters is 1. The number of rotatable bonds is 2. The molecule has 1 atom stereocenters. The first-order valence-corrected chi connectivity index (χ1v) is 5.76. The van der Waals surface area contributed by atoms with Gasteiger partial charge in [0.2, 0.25) is 0 Å². The number of pyridine rings is 1. The van der Waals surface area contributed by atoms with Crippen LogP contribution in [-0.4, -0.2) is 37.2 Å². The molecular weight excluding hydrogens is 254 g/mol. The summed E-state index contributed by atoms with van der Waals surface area (Å²) >= 11 is 0. The molecule has 0 radical (unpaired) electrons. The van der Waals surface area contributed by atoms with Crippen molar-refractivity contribution < 1.29 is 9.53 Å². The summed E-state index contributed by atoms with van der Waals surface area (Å²) in [6, 6.07) is 3.62. The van der Waals surface area contributed by atoms with Crippen molar-refractivity contribution in [3.8, 4) is 0 Å². The molecule has 1 aliphatic rings. The van der Waals surface area contributed by atoms with E-state index in [1.54, 1.807) is 18.3 Å². The van der Waals surface area contributed by atoms with Gasteiger partial charge in [0.25, 0.3) is 0 Å². The molecule has 1 saturated heterocycles. The number of carbonyl (C=O) groups is 1. The topological polar surface area (TPSA) is 68.5 Å². The molecule has 6 heteroatoms. The minimum absolute atomic E-state index is 0. The second kappa shape index (κ2) is 6.56. The van der Waals surface area contributed by atoms with Crippen molar-refractivity contribution in [2.24, 2.45) is 5.73 Å². The molecule has 1 fully saturated rings. The van der Waals surface area contributed by atoms with E-state index in [0.29, 0.717) is 11.4 Å². The van der Waals surface area contributed by atoms with Crippen LogP contribution in [-0.2, 0) is 4.74 Å². The van der Waals surface area contributed by atoms with Gasteiger partial charge in [-0.15, -0.1) is 12.4 Å². The van der Waals surface area contributed by atoms with Crippen LogP contribution in [0.5, 0.6) is 0 Å². The minimum Gasteiger partial charge on any atom is -0.465 e. The van der Waals surface area contributed by atoms with Gasteiger partial charge in [-0.05, 0) is 25.0 Å². The van der Waals surface area contributed by atoms with Crippen LogP contribution in [0.4, 0.5) is 5.82 Å². The summed E-state index contributed by atoms with van der Waals surface area (Å²) in [5.74, 6) is 0.321. The third kappa shape index (κ3) is 3.11. The van der Waals surface area contributed by atoms with Crippen molar-refractivity contribution in [2.45, 2.75) is 18.9 Å². The highest BCUT2D eigenvalue weighted by atomic mass is 35.5. The van der Waals surface area contributed by atoms with Gasteiger partial charge in [-0.2, -0.15) is 0 Å². The lowest BCUT2D eigenvalue weighted by molar-refractivity contribution is 0.0601. The molecule has 2 N–H and O–H groups in total. The molecule has 1 aliphatic heterocycles. The van der Waals surface area contributed by atoms with Gasteiger partial charge in [0.1, 0.15) is 11.4 Å². The molecule has 5 nitrogen and oxygen atoms in total. The van der Waals surface area contributed by atoms with Crippen molar-refractivity contribution in [3.05, 3.63) is 23.9 Å². The Morgan fingerprint density at radius 3 is 3.06 bits per heavy atom. The zero-order valence-corrected chi connectivity index (χ0v) is 11.2. The lowest BCUT2D eigenvalue weighted by atomic mass is 10.1. The van der Waals surface area contributed by atoms with Gasteiger partial charge in [-0.25, -0.2) is 9.78 Å². The van der Waals surface area contributed by atoms with Crippen LogP contribution in [0.2, 0.25) is 0 Å². The molecule has 0 aliphatic carbocycles. The van der Waals surface area contributed by atoms with E-state index in [-0.39, 0.29) is 24.4 Å². The molecule has 0 aromatic carbocycles. The molecule has 18 heavy (non-hydrogen) atoms. The number of ether oxygens (including phenoxy) is 1. The van der Waals surface area contributed by atoms with Crippen molar-refractivity contribution in [2.75, 3.05) is 25.1 Å². The summed E-state index contributed by atoms with van der Waals surface area (Å²) in [7, 11) is 1.38. The highest BCUT2D eigenvalue weighted by Gasteiger charge is 2.22. The molecule has 2 heterocycles. The number of halogens is 1. The molecule has 0 saturated carbocycles. The number of anilines is 1. The molecule has 1 unspecified atom stereocenters. The summed E-state index contributed by atoms with van der Waals surface area (Å²) in [5.41, 5.74) is 6.44. The van der Waals surface area contributed by atoms with Gasteiger partial charge in [0, 0.05) is 25.3 Å². The summed E-state index contributed by atoms with van der Waals surface area (Å²) in [6.45, 7) is 1.62. The van der Waals surface area contributed by atoms with Crippen LogP contribution in [0, 0.1) is 0 Å². The zero-order chi connectivity index (χ0) is 12.3. The number of piperidine rings is 1. The van der Waals surface area contributed by atoms with Crippen molar-refractivity contribution in [3.63, 3.8) is 0 Å². The Hall–Kier alpha value is -1.33. The second-order valence-electron chi connectivity index (χ2n) is 4.21. The maximum Gasteiger partial charge on any atom is 0.341 e. The van der Waals surface area contributed by atoms with Gasteiger partial charge in [0.15, 0.2) is 0 Å². The molecule has 0 spiro atoms. The highest BCUT2D eigenvalue weighted by Crippen LogP contribution is 2.21. The van der Waals surface area contributed by atoms with E-state index in [2.05, 4.69) is 9.88 Å². The van der Waals surface area contributed by atoms with Crippen molar-refractivity contribution in [1.29, 1.82) is 0 Å². The van der Waals surface area contributed by atoms with Crippen LogP contribution < -0.4 is 10.6 Å². The molecule has 1 aromatic rings. The van der Waals surface area contributed by atoms with E-state index >= 15 is 0 Å². The number of aromatic nitrogens is 1. The van der Waals surface area contributed by atoms with Crippen molar-refractivity contribution >= 4 is 24.2 Å². The Balaban J connectivity index is 0.00000162. The summed E-state index contributed by atoms with van der Waals surface area (Å²) < 4.78 is 4.76. The average Bonchev–Trinajstić information content (AvgIpc) is 2.38. The Morgan fingerprint density at radius 2 is 2.39 bits per heavy atom. The van der Waals surface area contributed by atoms with E-state index in [9.17, 15) is 4.79 Å². The van der Waals surface area contributed by atoms with E-state index < -0.39 is 0 Å². The molecule has 0 amide bonds. The first-order chi connectivity index (χ1) is 8.22. The van der Waals surface area contributed by atoms with E-state index in [1.165, 1.54) is 7.11 Å². The van der Waals surface area contributed by atoms with Crippen LogP contribution in [0.1, 0.15) is 23.2 Å². The zero-order valence-electron chi connectivity index (χ0n) is 10.3. The molecule has 0 bridgehead atoms. The van der Waals surface area contributed by atoms with Crippen LogP contribution in [0.25, 0.3) is 0 Å². The molecule has 1 aromatic heterocycles. The van der Waals surface area contributed by atoms with Crippen LogP contribution in [0.3, 0.4) is 0 Å². The third-order valence-corrected chi connectivity index (χ3v) is 2.95. The summed E-state index contributed by atoms with van der Waals surface area (Å²) in [4.78, 5) is 18.0. The van der Waals surface area contributed by atoms with Crippen LogP contribution >= 0.6 is 12.4 Å². The first-order valence-electron chi connectivity index (χ1n) is 5.76. The number of nitrogens with two attached hydrogens (primary N) is 1. The maximum atomic E-state index is 11.6. The normalized spacial score (nSPS) is 19.0. The Labute approximate surface area is 113 Å². The largest absolute Gasteiger partial charge is 0.465 e. The molecule has 100 valence electrons. The number of hydrogen-bond donors (Lipinski definition) is 1. The standard InChI is InChI=1S/C12H17N3O2.ClH/c1-17-12(16)10-5-2-6-14-11(10)15-7-3-4-9(13)8-15;/h2,5-6,9H,3-4,7-8,13H2,1H3;1H. The summed E-state index contributed by atoms with van der Waals surface area (Å²) in [5, 5.41) is 0. The Bertz CT molecular complexity index is 414. The molecular formula is C12H18ClN3O2. The predicted octanol–water partition coefficient (Wildman–Crippen LogP) is 1.22. The minimum atomic E-state index is -0.354. The second-order valence-corrected chi connectivity index (χ2v) is 4.21. The number of nitrogens with zero attached hydrogens (tertiary/aromatic N) is 2. The average molecular weight is 272 g/mol. The fourth-order valence-electron chi connectivity index (χ4n) is 2.12. The summed E-state index contributed by atoms with van der Waals surface area (Å²) in [6.07, 6.45) is 3.73.